The smallest absolute Gasteiger partial charge is 0.231 e. The molecule has 1 amide bonds. The molecule has 0 aliphatic carbocycles. The van der Waals surface area contributed by atoms with Crippen molar-refractivity contribution in [2.24, 2.45) is 5.92 Å². The van der Waals surface area contributed by atoms with Crippen LogP contribution in [0.1, 0.15) is 31.7 Å². The summed E-state index contributed by atoms with van der Waals surface area (Å²) in [5.74, 6) is 2.15. The number of nitrogens with one attached hydrogen (secondary N) is 1. The van der Waals surface area contributed by atoms with Crippen LogP contribution in [0.25, 0.3) is 0 Å². The van der Waals surface area contributed by atoms with Crippen LogP contribution in [-0.4, -0.2) is 43.8 Å². The SMILES string of the molecule is CCCN1CCC[C@@H](CNC(=O)Cc2ccc3c(c2)OCO3)C1. The molecule has 0 radical (unpaired) electrons. The minimum atomic E-state index is 0.0801. The number of likely N-dealkylation sites (tertiary alicyclic amines) is 1. The third-order valence-electron chi connectivity index (χ3n) is 4.53. The van der Waals surface area contributed by atoms with E-state index in [2.05, 4.69) is 17.1 Å². The summed E-state index contributed by atoms with van der Waals surface area (Å²) >= 11 is 0. The van der Waals surface area contributed by atoms with Crippen molar-refractivity contribution >= 4 is 5.91 Å². The topological polar surface area (TPSA) is 50.8 Å². The molecular weight excluding hydrogens is 292 g/mol. The van der Waals surface area contributed by atoms with Crippen LogP contribution in [0.4, 0.5) is 0 Å². The van der Waals surface area contributed by atoms with Crippen LogP contribution in [0.5, 0.6) is 11.5 Å². The Morgan fingerprint density at radius 3 is 3.09 bits per heavy atom. The standard InChI is InChI=1S/C18H26N2O3/c1-2-7-20-8-3-4-15(12-20)11-19-18(21)10-14-5-6-16-17(9-14)23-13-22-16/h5-6,9,15H,2-4,7-8,10-13H2,1H3,(H,19,21)/t15-/m0/s1. The Bertz CT molecular complexity index is 545. The fourth-order valence-electron chi connectivity index (χ4n) is 3.39. The molecule has 0 saturated carbocycles. The van der Waals surface area contributed by atoms with Gasteiger partial charge in [-0.1, -0.05) is 13.0 Å². The number of rotatable bonds is 6. The van der Waals surface area contributed by atoms with Gasteiger partial charge >= 0.3 is 0 Å². The number of carbonyl (C=O) groups is 1. The van der Waals surface area contributed by atoms with E-state index in [-0.39, 0.29) is 12.7 Å². The molecule has 5 heteroatoms. The highest BCUT2D eigenvalue weighted by molar-refractivity contribution is 5.78. The zero-order chi connectivity index (χ0) is 16.1. The normalized spacial score (nSPS) is 20.5. The fourth-order valence-corrected chi connectivity index (χ4v) is 3.39. The van der Waals surface area contributed by atoms with Gasteiger partial charge in [-0.3, -0.25) is 4.79 Å². The van der Waals surface area contributed by atoms with Crippen molar-refractivity contribution in [3.05, 3.63) is 23.8 Å². The maximum absolute atomic E-state index is 12.2. The number of carbonyl (C=O) groups excluding carboxylic acids is 1. The first kappa shape index (κ1) is 16.1. The summed E-state index contributed by atoms with van der Waals surface area (Å²) in [7, 11) is 0. The molecule has 2 heterocycles. The second kappa shape index (κ2) is 7.68. The lowest BCUT2D eigenvalue weighted by Gasteiger charge is -2.32. The summed E-state index contributed by atoms with van der Waals surface area (Å²) in [5.41, 5.74) is 0.961. The van der Waals surface area contributed by atoms with Crippen molar-refractivity contribution in [1.29, 1.82) is 0 Å². The molecule has 1 fully saturated rings. The van der Waals surface area contributed by atoms with Crippen LogP contribution >= 0.6 is 0 Å². The van der Waals surface area contributed by atoms with E-state index < -0.39 is 0 Å². The highest BCUT2D eigenvalue weighted by Crippen LogP contribution is 2.32. The van der Waals surface area contributed by atoms with Gasteiger partial charge in [0.1, 0.15) is 0 Å². The first-order valence-corrected chi connectivity index (χ1v) is 8.62. The van der Waals surface area contributed by atoms with Crippen LogP contribution in [0.2, 0.25) is 0 Å². The molecule has 2 aliphatic rings. The number of piperidine rings is 1. The molecule has 23 heavy (non-hydrogen) atoms. The Morgan fingerprint density at radius 2 is 2.22 bits per heavy atom. The van der Waals surface area contributed by atoms with E-state index in [1.54, 1.807) is 0 Å². The van der Waals surface area contributed by atoms with E-state index in [1.807, 2.05) is 18.2 Å². The number of nitrogens with zero attached hydrogens (tertiary/aromatic N) is 1. The molecule has 5 nitrogen and oxygen atoms in total. The lowest BCUT2D eigenvalue weighted by atomic mass is 9.97. The quantitative estimate of drug-likeness (QED) is 0.873. The van der Waals surface area contributed by atoms with Gasteiger partial charge in [-0.15, -0.1) is 0 Å². The third kappa shape index (κ3) is 4.38. The molecule has 0 unspecified atom stereocenters. The minimum absolute atomic E-state index is 0.0801. The summed E-state index contributed by atoms with van der Waals surface area (Å²) < 4.78 is 10.6. The monoisotopic (exact) mass is 318 g/mol. The molecule has 126 valence electrons. The number of hydrogen-bond donors (Lipinski definition) is 1. The zero-order valence-electron chi connectivity index (χ0n) is 13.8. The van der Waals surface area contributed by atoms with Crippen LogP contribution < -0.4 is 14.8 Å². The zero-order valence-corrected chi connectivity index (χ0v) is 13.8. The van der Waals surface area contributed by atoms with E-state index in [1.165, 1.54) is 32.4 Å². The van der Waals surface area contributed by atoms with Crippen molar-refractivity contribution in [2.45, 2.75) is 32.6 Å². The number of hydrogen-bond acceptors (Lipinski definition) is 4. The first-order valence-electron chi connectivity index (χ1n) is 8.62. The van der Waals surface area contributed by atoms with Crippen LogP contribution in [0, 0.1) is 5.92 Å². The van der Waals surface area contributed by atoms with Crippen molar-refractivity contribution in [3.63, 3.8) is 0 Å². The lowest BCUT2D eigenvalue weighted by Crippen LogP contribution is -2.41. The second-order valence-electron chi connectivity index (χ2n) is 6.48. The van der Waals surface area contributed by atoms with Crippen molar-refractivity contribution in [1.82, 2.24) is 10.2 Å². The van der Waals surface area contributed by atoms with Gasteiger partial charge in [0.2, 0.25) is 12.7 Å². The van der Waals surface area contributed by atoms with E-state index in [0.717, 1.165) is 30.2 Å². The molecule has 2 aliphatic heterocycles. The molecule has 1 N–H and O–H groups in total. The van der Waals surface area contributed by atoms with Gasteiger partial charge in [-0.2, -0.15) is 0 Å². The molecule has 3 rings (SSSR count). The Kier molecular flexibility index (Phi) is 5.39. The van der Waals surface area contributed by atoms with Gasteiger partial charge < -0.3 is 19.7 Å². The number of benzene rings is 1. The highest BCUT2D eigenvalue weighted by atomic mass is 16.7. The third-order valence-corrected chi connectivity index (χ3v) is 4.53. The summed E-state index contributed by atoms with van der Waals surface area (Å²) in [4.78, 5) is 14.7. The van der Waals surface area contributed by atoms with Crippen molar-refractivity contribution in [3.8, 4) is 11.5 Å². The molecule has 1 saturated heterocycles. The van der Waals surface area contributed by atoms with Gasteiger partial charge in [0.25, 0.3) is 0 Å². The maximum atomic E-state index is 12.2. The number of amides is 1. The predicted octanol–water partition coefficient (Wildman–Crippen LogP) is 2.20. The molecule has 0 spiro atoms. The van der Waals surface area contributed by atoms with Gasteiger partial charge in [-0.25, -0.2) is 0 Å². The summed E-state index contributed by atoms with van der Waals surface area (Å²) in [6.45, 7) is 6.75. The molecule has 1 aromatic rings. The van der Waals surface area contributed by atoms with E-state index in [0.29, 0.717) is 12.3 Å². The number of ether oxygens (including phenoxy) is 2. The second-order valence-corrected chi connectivity index (χ2v) is 6.48. The predicted molar refractivity (Wildman–Crippen MR) is 88.7 cm³/mol. The van der Waals surface area contributed by atoms with Gasteiger partial charge in [0.05, 0.1) is 6.42 Å². The van der Waals surface area contributed by atoms with E-state index in [9.17, 15) is 4.79 Å². The Labute approximate surface area is 137 Å². The summed E-state index contributed by atoms with van der Waals surface area (Å²) in [6, 6.07) is 5.69. The molecular formula is C18H26N2O3. The maximum Gasteiger partial charge on any atom is 0.231 e. The largest absolute Gasteiger partial charge is 0.454 e. The van der Waals surface area contributed by atoms with Gasteiger partial charge in [-0.05, 0) is 56.0 Å². The van der Waals surface area contributed by atoms with E-state index in [4.69, 9.17) is 9.47 Å². The van der Waals surface area contributed by atoms with Crippen LogP contribution in [-0.2, 0) is 11.2 Å². The molecule has 0 aromatic heterocycles. The Hall–Kier alpha value is -1.75. The van der Waals surface area contributed by atoms with Crippen LogP contribution in [0.3, 0.4) is 0 Å². The summed E-state index contributed by atoms with van der Waals surface area (Å²) in [5, 5.41) is 3.09. The van der Waals surface area contributed by atoms with Gasteiger partial charge in [0.15, 0.2) is 11.5 Å². The van der Waals surface area contributed by atoms with Gasteiger partial charge in [0, 0.05) is 13.1 Å². The Balaban J connectivity index is 1.44. The van der Waals surface area contributed by atoms with Crippen molar-refractivity contribution < 1.29 is 14.3 Å². The van der Waals surface area contributed by atoms with E-state index >= 15 is 0 Å². The fraction of sp³-hybridized carbons (Fsp3) is 0.611. The average Bonchev–Trinajstić information content (AvgIpc) is 3.01. The van der Waals surface area contributed by atoms with Crippen molar-refractivity contribution in [2.75, 3.05) is 33.0 Å². The number of fused-ring (bicyclic) bond motifs is 1. The Morgan fingerprint density at radius 1 is 1.35 bits per heavy atom. The highest BCUT2D eigenvalue weighted by Gasteiger charge is 2.20. The molecule has 1 aromatic carbocycles. The molecule has 0 bridgehead atoms. The van der Waals surface area contributed by atoms with Crippen LogP contribution in [0.15, 0.2) is 18.2 Å². The lowest BCUT2D eigenvalue weighted by molar-refractivity contribution is -0.120. The average molecular weight is 318 g/mol. The summed E-state index contributed by atoms with van der Waals surface area (Å²) in [6.07, 6.45) is 4.04. The molecule has 1 atom stereocenters. The minimum Gasteiger partial charge on any atom is -0.454 e. The first-order chi connectivity index (χ1) is 11.2.